The molecule has 0 spiro atoms. The average Bonchev–Trinajstić information content (AvgIpc) is 3.11. The third-order valence-electron chi connectivity index (χ3n) is 5.60. The van der Waals surface area contributed by atoms with Gasteiger partial charge in [0.25, 0.3) is 5.91 Å². The summed E-state index contributed by atoms with van der Waals surface area (Å²) >= 11 is 1.24. The normalized spacial score (nSPS) is 27.4. The van der Waals surface area contributed by atoms with Crippen molar-refractivity contribution in [2.75, 3.05) is 13.1 Å². The van der Waals surface area contributed by atoms with Crippen LogP contribution < -0.4 is 5.32 Å². The van der Waals surface area contributed by atoms with Crippen LogP contribution in [-0.2, 0) is 4.79 Å². The summed E-state index contributed by atoms with van der Waals surface area (Å²) in [5, 5.41) is 12.1. The number of piperidine rings is 1. The van der Waals surface area contributed by atoms with E-state index in [2.05, 4.69) is 32.2 Å². The lowest BCUT2D eigenvalue weighted by molar-refractivity contribution is -0.123. The van der Waals surface area contributed by atoms with Gasteiger partial charge < -0.3 is 10.2 Å². The number of rotatable bonds is 4. The molecular weight excluding hydrogens is 334 g/mol. The molecule has 25 heavy (non-hydrogen) atoms. The van der Waals surface area contributed by atoms with E-state index in [9.17, 15) is 9.59 Å². The summed E-state index contributed by atoms with van der Waals surface area (Å²) in [6, 6.07) is 5.48. The first-order chi connectivity index (χ1) is 11.8. The molecule has 1 saturated heterocycles. The standard InChI is InChI=1S/C19H25N3O2S/c1-12-9-14(12)17(23)21-11-16-19(2,3)7-4-8-22(16)18(24)15-6-5-13(10-20)25-15/h5-6,12,14,16H,4,7-9,11H2,1-3H3,(H,21,23)/t12-,14-,16?/m1/s1. The minimum Gasteiger partial charge on any atom is -0.354 e. The largest absolute Gasteiger partial charge is 0.354 e. The van der Waals surface area contributed by atoms with E-state index in [1.807, 2.05) is 4.90 Å². The van der Waals surface area contributed by atoms with Gasteiger partial charge in [-0.3, -0.25) is 9.59 Å². The molecule has 2 fully saturated rings. The van der Waals surface area contributed by atoms with Gasteiger partial charge in [0.05, 0.1) is 10.9 Å². The van der Waals surface area contributed by atoms with Crippen LogP contribution in [0.2, 0.25) is 0 Å². The first kappa shape index (κ1) is 17.9. The number of carbonyl (C=O) groups excluding carboxylic acids is 2. The SMILES string of the molecule is C[C@@H]1C[C@H]1C(=O)NCC1N(C(=O)c2ccc(C#N)s2)CCCC1(C)C. The summed E-state index contributed by atoms with van der Waals surface area (Å²) in [5.41, 5.74) is -0.0499. The van der Waals surface area contributed by atoms with Gasteiger partial charge in [-0.1, -0.05) is 20.8 Å². The van der Waals surface area contributed by atoms with E-state index in [-0.39, 0.29) is 29.2 Å². The predicted molar refractivity (Wildman–Crippen MR) is 97.2 cm³/mol. The molecule has 134 valence electrons. The molecule has 3 rings (SSSR count). The highest BCUT2D eigenvalue weighted by molar-refractivity contribution is 7.14. The van der Waals surface area contributed by atoms with Crippen molar-refractivity contribution in [2.24, 2.45) is 17.3 Å². The molecule has 2 amide bonds. The molecule has 1 aromatic rings. The van der Waals surface area contributed by atoms with E-state index >= 15 is 0 Å². The summed E-state index contributed by atoms with van der Waals surface area (Å²) in [5.74, 6) is 0.710. The zero-order valence-corrected chi connectivity index (χ0v) is 15.9. The predicted octanol–water partition coefficient (Wildman–Crippen LogP) is 3.02. The quantitative estimate of drug-likeness (QED) is 0.898. The van der Waals surface area contributed by atoms with Crippen molar-refractivity contribution in [2.45, 2.75) is 46.1 Å². The first-order valence-corrected chi connectivity index (χ1v) is 9.74. The van der Waals surface area contributed by atoms with Gasteiger partial charge in [-0.2, -0.15) is 5.26 Å². The maximum atomic E-state index is 13.0. The molecule has 1 aliphatic heterocycles. The molecule has 5 nitrogen and oxygen atoms in total. The molecule has 1 aromatic heterocycles. The van der Waals surface area contributed by atoms with Crippen LogP contribution in [-0.4, -0.2) is 35.8 Å². The van der Waals surface area contributed by atoms with Crippen molar-refractivity contribution >= 4 is 23.2 Å². The Morgan fingerprint density at radius 2 is 2.16 bits per heavy atom. The third-order valence-corrected chi connectivity index (χ3v) is 6.58. The van der Waals surface area contributed by atoms with E-state index in [1.54, 1.807) is 12.1 Å². The molecular formula is C19H25N3O2S. The van der Waals surface area contributed by atoms with Crippen LogP contribution in [0.25, 0.3) is 0 Å². The topological polar surface area (TPSA) is 73.2 Å². The number of amides is 2. The Kier molecular flexibility index (Phi) is 4.88. The van der Waals surface area contributed by atoms with Crippen LogP contribution in [0, 0.1) is 28.6 Å². The number of likely N-dealkylation sites (tertiary alicyclic amines) is 1. The Labute approximate surface area is 153 Å². The summed E-state index contributed by atoms with van der Waals surface area (Å²) < 4.78 is 0. The molecule has 1 N–H and O–H groups in total. The highest BCUT2D eigenvalue weighted by atomic mass is 32.1. The van der Waals surface area contributed by atoms with Gasteiger partial charge in [0.15, 0.2) is 0 Å². The smallest absolute Gasteiger partial charge is 0.264 e. The van der Waals surface area contributed by atoms with Gasteiger partial charge in [-0.25, -0.2) is 0 Å². The number of nitrogens with zero attached hydrogens (tertiary/aromatic N) is 2. The highest BCUT2D eigenvalue weighted by Gasteiger charge is 2.43. The summed E-state index contributed by atoms with van der Waals surface area (Å²) in [6.45, 7) is 7.62. The van der Waals surface area contributed by atoms with Gasteiger partial charge in [-0.05, 0) is 42.7 Å². The Morgan fingerprint density at radius 1 is 1.44 bits per heavy atom. The second-order valence-corrected chi connectivity index (χ2v) is 9.03. The van der Waals surface area contributed by atoms with Gasteiger partial charge >= 0.3 is 0 Å². The zero-order chi connectivity index (χ0) is 18.2. The fraction of sp³-hybridized carbons (Fsp3) is 0.632. The Balaban J connectivity index is 1.74. The van der Waals surface area contributed by atoms with Gasteiger partial charge in [0.2, 0.25) is 5.91 Å². The summed E-state index contributed by atoms with van der Waals surface area (Å²) in [6.07, 6.45) is 2.96. The van der Waals surface area contributed by atoms with E-state index in [1.165, 1.54) is 11.3 Å². The number of carbonyl (C=O) groups is 2. The van der Waals surface area contributed by atoms with E-state index < -0.39 is 0 Å². The lowest BCUT2D eigenvalue weighted by atomic mass is 9.76. The zero-order valence-electron chi connectivity index (χ0n) is 15.0. The molecule has 2 heterocycles. The minimum atomic E-state index is -0.0499. The minimum absolute atomic E-state index is 0.0283. The van der Waals surface area contributed by atoms with Crippen molar-refractivity contribution < 1.29 is 9.59 Å². The van der Waals surface area contributed by atoms with Crippen molar-refractivity contribution in [3.63, 3.8) is 0 Å². The molecule has 3 atom stereocenters. The molecule has 2 aliphatic rings. The summed E-state index contributed by atoms with van der Waals surface area (Å²) in [4.78, 5) is 28.2. The van der Waals surface area contributed by atoms with E-state index in [0.717, 1.165) is 19.3 Å². The van der Waals surface area contributed by atoms with Gasteiger partial charge in [0, 0.05) is 19.0 Å². The van der Waals surface area contributed by atoms with E-state index in [0.29, 0.717) is 28.8 Å². The van der Waals surface area contributed by atoms with Crippen molar-refractivity contribution in [1.82, 2.24) is 10.2 Å². The number of hydrogen-bond acceptors (Lipinski definition) is 4. The second kappa shape index (κ2) is 6.80. The summed E-state index contributed by atoms with van der Waals surface area (Å²) in [7, 11) is 0. The maximum Gasteiger partial charge on any atom is 0.264 e. The third kappa shape index (κ3) is 3.72. The van der Waals surface area contributed by atoms with Crippen LogP contribution in [0.15, 0.2) is 12.1 Å². The Bertz CT molecular complexity index is 718. The Morgan fingerprint density at radius 3 is 2.76 bits per heavy atom. The molecule has 1 aliphatic carbocycles. The average molecular weight is 359 g/mol. The number of hydrogen-bond donors (Lipinski definition) is 1. The fourth-order valence-electron chi connectivity index (χ4n) is 3.75. The van der Waals surface area contributed by atoms with Crippen LogP contribution in [0.5, 0.6) is 0 Å². The van der Waals surface area contributed by atoms with Crippen LogP contribution >= 0.6 is 11.3 Å². The lowest BCUT2D eigenvalue weighted by Crippen LogP contribution is -2.57. The number of thiophene rings is 1. The second-order valence-electron chi connectivity index (χ2n) is 7.95. The molecule has 1 saturated carbocycles. The van der Waals surface area contributed by atoms with Crippen LogP contribution in [0.1, 0.15) is 54.6 Å². The number of nitrogens with one attached hydrogen (secondary N) is 1. The first-order valence-electron chi connectivity index (χ1n) is 8.92. The molecule has 6 heteroatoms. The van der Waals surface area contributed by atoms with Gasteiger partial charge in [-0.15, -0.1) is 11.3 Å². The molecule has 0 bridgehead atoms. The fourth-order valence-corrected chi connectivity index (χ4v) is 4.51. The number of nitriles is 1. The van der Waals surface area contributed by atoms with Crippen LogP contribution in [0.4, 0.5) is 0 Å². The van der Waals surface area contributed by atoms with Crippen molar-refractivity contribution in [3.8, 4) is 6.07 Å². The molecule has 0 aromatic carbocycles. The Hall–Kier alpha value is -1.87. The molecule has 1 unspecified atom stereocenters. The molecule has 0 radical (unpaired) electrons. The lowest BCUT2D eigenvalue weighted by Gasteiger charge is -2.46. The highest BCUT2D eigenvalue weighted by Crippen LogP contribution is 2.39. The van der Waals surface area contributed by atoms with Crippen molar-refractivity contribution in [1.29, 1.82) is 5.26 Å². The maximum absolute atomic E-state index is 13.0. The van der Waals surface area contributed by atoms with Crippen LogP contribution in [0.3, 0.4) is 0 Å². The monoisotopic (exact) mass is 359 g/mol. The van der Waals surface area contributed by atoms with Gasteiger partial charge in [0.1, 0.15) is 10.9 Å². The van der Waals surface area contributed by atoms with E-state index in [4.69, 9.17) is 5.26 Å². The van der Waals surface area contributed by atoms with Crippen molar-refractivity contribution in [3.05, 3.63) is 21.9 Å².